The summed E-state index contributed by atoms with van der Waals surface area (Å²) in [7, 11) is 0. The Morgan fingerprint density at radius 2 is 1.81 bits per heavy atom. The predicted octanol–water partition coefficient (Wildman–Crippen LogP) is 3.52. The lowest BCUT2D eigenvalue weighted by Gasteiger charge is -2.31. The molecule has 1 aliphatic rings. The van der Waals surface area contributed by atoms with E-state index in [1.165, 1.54) is 5.56 Å². The van der Waals surface area contributed by atoms with Crippen LogP contribution in [-0.2, 0) is 0 Å². The first-order valence-electron chi connectivity index (χ1n) is 6.09. The summed E-state index contributed by atoms with van der Waals surface area (Å²) in [5.41, 5.74) is 7.46. The van der Waals surface area contributed by atoms with E-state index < -0.39 is 6.17 Å². The van der Waals surface area contributed by atoms with Crippen molar-refractivity contribution in [3.8, 4) is 0 Å². The molecule has 0 bridgehead atoms. The van der Waals surface area contributed by atoms with E-state index in [9.17, 15) is 4.39 Å². The summed E-state index contributed by atoms with van der Waals surface area (Å²) >= 11 is 0. The highest BCUT2D eigenvalue weighted by molar-refractivity contribution is 5.25. The van der Waals surface area contributed by atoms with Gasteiger partial charge in [-0.05, 0) is 25.3 Å². The molecule has 0 amide bonds. The van der Waals surface area contributed by atoms with E-state index in [2.05, 4.69) is 0 Å². The van der Waals surface area contributed by atoms with Gasteiger partial charge in [0.25, 0.3) is 0 Å². The predicted molar refractivity (Wildman–Crippen MR) is 65.0 cm³/mol. The van der Waals surface area contributed by atoms with Crippen LogP contribution in [0.25, 0.3) is 0 Å². The first-order chi connectivity index (χ1) is 7.68. The zero-order valence-electron chi connectivity index (χ0n) is 9.88. The van der Waals surface area contributed by atoms with E-state index in [1.807, 2.05) is 31.2 Å². The molecule has 0 saturated heterocycles. The molecule has 1 saturated carbocycles. The van der Waals surface area contributed by atoms with E-state index >= 15 is 0 Å². The summed E-state index contributed by atoms with van der Waals surface area (Å²) in [5, 5.41) is 0. The van der Waals surface area contributed by atoms with Crippen molar-refractivity contribution in [1.82, 2.24) is 0 Å². The zero-order chi connectivity index (χ0) is 11.6. The molecule has 1 unspecified atom stereocenters. The van der Waals surface area contributed by atoms with Crippen molar-refractivity contribution in [3.05, 3.63) is 35.4 Å². The summed E-state index contributed by atoms with van der Waals surface area (Å²) in [6, 6.07) is 7.74. The first kappa shape index (κ1) is 11.6. The number of hydrogen-bond acceptors (Lipinski definition) is 1. The molecule has 1 aliphatic carbocycles. The van der Waals surface area contributed by atoms with Gasteiger partial charge in [-0.25, -0.2) is 4.39 Å². The van der Waals surface area contributed by atoms with Gasteiger partial charge in [0.2, 0.25) is 0 Å². The molecule has 1 atom stereocenters. The highest BCUT2D eigenvalue weighted by Gasteiger charge is 2.41. The normalized spacial score (nSPS) is 20.9. The molecule has 0 heterocycles. The topological polar surface area (TPSA) is 26.0 Å². The highest BCUT2D eigenvalue weighted by Crippen LogP contribution is 2.48. The molecule has 1 aromatic rings. The lowest BCUT2D eigenvalue weighted by atomic mass is 9.78. The Morgan fingerprint density at radius 3 is 2.31 bits per heavy atom. The summed E-state index contributed by atoms with van der Waals surface area (Å²) in [6.45, 7) is 2.48. The molecule has 1 fully saturated rings. The number of alkyl halides is 1. The van der Waals surface area contributed by atoms with Gasteiger partial charge in [-0.15, -0.1) is 0 Å². The molecule has 0 aliphatic heterocycles. The number of aryl methyl sites for hydroxylation is 1. The maximum Gasteiger partial charge on any atom is 0.132 e. The maximum atomic E-state index is 14.5. The van der Waals surface area contributed by atoms with Crippen molar-refractivity contribution in [2.75, 3.05) is 6.54 Å². The van der Waals surface area contributed by atoms with E-state index in [4.69, 9.17) is 5.73 Å². The van der Waals surface area contributed by atoms with Crippen LogP contribution in [0.1, 0.15) is 43.0 Å². The molecular weight excluding hydrogens is 201 g/mol. The molecule has 16 heavy (non-hydrogen) atoms. The van der Waals surface area contributed by atoms with Gasteiger partial charge in [0.05, 0.1) is 0 Å². The molecule has 0 radical (unpaired) electrons. The molecule has 88 valence electrons. The summed E-state index contributed by atoms with van der Waals surface area (Å²) in [6.07, 6.45) is 3.19. The van der Waals surface area contributed by atoms with Crippen LogP contribution >= 0.6 is 0 Å². The fourth-order valence-electron chi connectivity index (χ4n) is 2.73. The summed E-state index contributed by atoms with van der Waals surface area (Å²) < 4.78 is 14.5. The fourth-order valence-corrected chi connectivity index (χ4v) is 2.73. The van der Waals surface area contributed by atoms with Crippen LogP contribution in [-0.4, -0.2) is 6.54 Å². The molecular formula is C14H20FN. The second-order valence-corrected chi connectivity index (χ2v) is 5.05. The Kier molecular flexibility index (Phi) is 3.29. The second-order valence-electron chi connectivity index (χ2n) is 5.05. The van der Waals surface area contributed by atoms with Gasteiger partial charge in [-0.2, -0.15) is 0 Å². The minimum absolute atomic E-state index is 0.296. The van der Waals surface area contributed by atoms with Gasteiger partial charge < -0.3 is 5.73 Å². The molecule has 2 rings (SSSR count). The maximum absolute atomic E-state index is 14.5. The molecule has 1 nitrogen and oxygen atoms in total. The van der Waals surface area contributed by atoms with E-state index in [-0.39, 0.29) is 5.41 Å². The van der Waals surface area contributed by atoms with Gasteiger partial charge in [0, 0.05) is 12.0 Å². The summed E-state index contributed by atoms with van der Waals surface area (Å²) in [4.78, 5) is 0. The van der Waals surface area contributed by atoms with Crippen molar-refractivity contribution in [3.63, 3.8) is 0 Å². The average Bonchev–Trinajstić information content (AvgIpc) is 2.79. The van der Waals surface area contributed by atoms with Crippen LogP contribution in [0.15, 0.2) is 24.3 Å². The zero-order valence-corrected chi connectivity index (χ0v) is 9.88. The van der Waals surface area contributed by atoms with Crippen LogP contribution in [0.4, 0.5) is 4.39 Å². The van der Waals surface area contributed by atoms with Crippen LogP contribution < -0.4 is 5.73 Å². The first-order valence-corrected chi connectivity index (χ1v) is 6.09. The Hall–Kier alpha value is -0.890. The van der Waals surface area contributed by atoms with Crippen LogP contribution in [0, 0.1) is 12.3 Å². The lowest BCUT2D eigenvalue weighted by Crippen LogP contribution is -2.32. The summed E-state index contributed by atoms with van der Waals surface area (Å²) in [5.74, 6) is 0. The third kappa shape index (κ3) is 1.99. The van der Waals surface area contributed by atoms with Crippen LogP contribution in [0.2, 0.25) is 0 Å². The van der Waals surface area contributed by atoms with E-state index in [1.54, 1.807) is 0 Å². The molecule has 2 N–H and O–H groups in total. The van der Waals surface area contributed by atoms with Crippen LogP contribution in [0.5, 0.6) is 0 Å². The van der Waals surface area contributed by atoms with E-state index in [0.717, 1.165) is 31.2 Å². The van der Waals surface area contributed by atoms with Crippen molar-refractivity contribution < 1.29 is 4.39 Å². The number of hydrogen-bond donors (Lipinski definition) is 1. The van der Waals surface area contributed by atoms with Crippen molar-refractivity contribution in [2.24, 2.45) is 11.1 Å². The average molecular weight is 221 g/mol. The molecule has 2 heteroatoms. The van der Waals surface area contributed by atoms with Crippen molar-refractivity contribution in [2.45, 2.75) is 38.8 Å². The minimum atomic E-state index is -0.902. The Labute approximate surface area is 96.9 Å². The van der Waals surface area contributed by atoms with E-state index in [0.29, 0.717) is 6.54 Å². The highest BCUT2D eigenvalue weighted by atomic mass is 19.1. The smallest absolute Gasteiger partial charge is 0.132 e. The van der Waals surface area contributed by atoms with Crippen molar-refractivity contribution >= 4 is 0 Å². The second kappa shape index (κ2) is 4.54. The molecule has 0 aromatic heterocycles. The quantitative estimate of drug-likeness (QED) is 0.830. The molecule has 0 spiro atoms. The van der Waals surface area contributed by atoms with Gasteiger partial charge in [0.1, 0.15) is 6.17 Å². The van der Waals surface area contributed by atoms with Gasteiger partial charge >= 0.3 is 0 Å². The van der Waals surface area contributed by atoms with Gasteiger partial charge in [-0.3, -0.25) is 0 Å². The fraction of sp³-hybridized carbons (Fsp3) is 0.571. The standard InChI is InChI=1S/C14H20FN/c1-11-4-6-12(7-5-11)13(15)14(10-16)8-2-3-9-14/h4-7,13H,2-3,8-10,16H2,1H3. The third-order valence-corrected chi connectivity index (χ3v) is 3.91. The Morgan fingerprint density at radius 1 is 1.25 bits per heavy atom. The van der Waals surface area contributed by atoms with Gasteiger partial charge in [0.15, 0.2) is 0 Å². The minimum Gasteiger partial charge on any atom is -0.330 e. The number of halogens is 1. The van der Waals surface area contributed by atoms with Gasteiger partial charge in [-0.1, -0.05) is 42.7 Å². The third-order valence-electron chi connectivity index (χ3n) is 3.91. The monoisotopic (exact) mass is 221 g/mol. The van der Waals surface area contributed by atoms with Crippen molar-refractivity contribution in [1.29, 1.82) is 0 Å². The SMILES string of the molecule is Cc1ccc(C(F)C2(CN)CCCC2)cc1. The number of rotatable bonds is 3. The van der Waals surface area contributed by atoms with Crippen LogP contribution in [0.3, 0.4) is 0 Å². The molecule has 1 aromatic carbocycles. The number of nitrogens with two attached hydrogens (primary N) is 1. The largest absolute Gasteiger partial charge is 0.330 e. The number of benzene rings is 1. The Balaban J connectivity index is 2.23. The lowest BCUT2D eigenvalue weighted by molar-refractivity contribution is 0.119. The Bertz CT molecular complexity index is 338.